The van der Waals surface area contributed by atoms with E-state index in [1.54, 1.807) is 0 Å². The molecule has 1 aliphatic heterocycles. The van der Waals surface area contributed by atoms with Crippen LogP contribution in [0.3, 0.4) is 0 Å². The van der Waals surface area contributed by atoms with Crippen LogP contribution in [0.1, 0.15) is 30.9 Å². The molecule has 0 aromatic heterocycles. The molecular formula is C20H25NO2. The maximum atomic E-state index is 12.8. The minimum absolute atomic E-state index is 0.164. The van der Waals surface area contributed by atoms with E-state index in [2.05, 4.69) is 0 Å². The maximum Gasteiger partial charge on any atom is 0.122 e. The van der Waals surface area contributed by atoms with Crippen molar-refractivity contribution in [2.75, 3.05) is 19.6 Å². The standard InChI is InChI=1S/C20H25NO2/c1-17(16-21(23)14-8-9-15-21)20(22,18-10-4-2-5-11-18)19-12-6-3-7-13-19/h2-7,10-13,17,22H,8-9,14-16H2,1H3/t17-/m0/s1. The van der Waals surface area contributed by atoms with Gasteiger partial charge in [-0.15, -0.1) is 0 Å². The van der Waals surface area contributed by atoms with E-state index in [1.807, 2.05) is 67.6 Å². The van der Waals surface area contributed by atoms with E-state index in [4.69, 9.17) is 0 Å². The Kier molecular flexibility index (Phi) is 4.53. The number of benzene rings is 2. The normalized spacial score (nSPS) is 18.7. The van der Waals surface area contributed by atoms with Gasteiger partial charge in [-0.05, 0) is 11.1 Å². The molecule has 0 amide bonds. The number of hydroxylamine groups is 3. The highest BCUT2D eigenvalue weighted by Gasteiger charge is 2.41. The molecule has 1 fully saturated rings. The van der Waals surface area contributed by atoms with Gasteiger partial charge in [-0.3, -0.25) is 0 Å². The molecule has 1 N–H and O–H groups in total. The van der Waals surface area contributed by atoms with Crippen LogP contribution in [-0.4, -0.2) is 29.4 Å². The number of hydrogen-bond acceptors (Lipinski definition) is 2. The quantitative estimate of drug-likeness (QED) is 0.676. The van der Waals surface area contributed by atoms with Crippen molar-refractivity contribution in [2.45, 2.75) is 25.4 Å². The van der Waals surface area contributed by atoms with E-state index < -0.39 is 5.60 Å². The maximum absolute atomic E-state index is 12.8. The Balaban J connectivity index is 1.98. The Morgan fingerprint density at radius 3 is 1.83 bits per heavy atom. The lowest BCUT2D eigenvalue weighted by molar-refractivity contribution is -0.872. The molecule has 3 nitrogen and oxygen atoms in total. The van der Waals surface area contributed by atoms with Crippen molar-refractivity contribution >= 4 is 0 Å². The van der Waals surface area contributed by atoms with Crippen LogP contribution in [0, 0.1) is 11.1 Å². The van der Waals surface area contributed by atoms with Gasteiger partial charge in [0.1, 0.15) is 5.60 Å². The molecule has 3 rings (SSSR count). The molecule has 0 unspecified atom stereocenters. The van der Waals surface area contributed by atoms with E-state index in [0.717, 1.165) is 24.0 Å². The fourth-order valence-electron chi connectivity index (χ4n) is 3.85. The molecular weight excluding hydrogens is 286 g/mol. The summed E-state index contributed by atoms with van der Waals surface area (Å²) < 4.78 is -0.177. The first kappa shape index (κ1) is 16.2. The van der Waals surface area contributed by atoms with Gasteiger partial charge < -0.3 is 15.0 Å². The molecule has 23 heavy (non-hydrogen) atoms. The molecule has 0 bridgehead atoms. The monoisotopic (exact) mass is 311 g/mol. The Bertz CT molecular complexity index is 581. The van der Waals surface area contributed by atoms with Gasteiger partial charge in [-0.25, -0.2) is 0 Å². The van der Waals surface area contributed by atoms with E-state index in [9.17, 15) is 10.3 Å². The highest BCUT2D eigenvalue weighted by molar-refractivity contribution is 5.36. The first-order chi connectivity index (χ1) is 11.0. The third-order valence-electron chi connectivity index (χ3n) is 5.13. The summed E-state index contributed by atoms with van der Waals surface area (Å²) in [4.78, 5) is 0. The SMILES string of the molecule is C[C@@H](C[N+]1([O-])CCCC1)C(O)(c1ccccc1)c1ccccc1. The number of nitrogens with zero attached hydrogens (tertiary/aromatic N) is 1. The average molecular weight is 311 g/mol. The molecule has 1 heterocycles. The van der Waals surface area contributed by atoms with E-state index in [1.165, 1.54) is 0 Å². The van der Waals surface area contributed by atoms with Crippen molar-refractivity contribution in [2.24, 2.45) is 5.92 Å². The minimum Gasteiger partial charge on any atom is -0.633 e. The van der Waals surface area contributed by atoms with Crippen molar-refractivity contribution in [3.8, 4) is 0 Å². The predicted octanol–water partition coefficient (Wildman–Crippen LogP) is 3.67. The second kappa shape index (κ2) is 6.44. The lowest BCUT2D eigenvalue weighted by Gasteiger charge is -2.45. The highest BCUT2D eigenvalue weighted by Crippen LogP contribution is 2.38. The molecule has 1 atom stereocenters. The van der Waals surface area contributed by atoms with Gasteiger partial charge in [0, 0.05) is 18.8 Å². The van der Waals surface area contributed by atoms with Crippen LogP contribution in [-0.2, 0) is 5.60 Å². The zero-order valence-electron chi connectivity index (χ0n) is 13.7. The van der Waals surface area contributed by atoms with Crippen LogP contribution in [0.4, 0.5) is 0 Å². The molecule has 1 aliphatic rings. The summed E-state index contributed by atoms with van der Waals surface area (Å²) in [5.74, 6) is -0.164. The smallest absolute Gasteiger partial charge is 0.122 e. The lowest BCUT2D eigenvalue weighted by atomic mass is 9.76. The third-order valence-corrected chi connectivity index (χ3v) is 5.13. The fourth-order valence-corrected chi connectivity index (χ4v) is 3.85. The number of quaternary nitrogens is 1. The van der Waals surface area contributed by atoms with Crippen molar-refractivity contribution in [1.82, 2.24) is 0 Å². The molecule has 1 saturated heterocycles. The molecule has 0 saturated carbocycles. The first-order valence-electron chi connectivity index (χ1n) is 8.45. The largest absolute Gasteiger partial charge is 0.633 e. The number of hydrogen-bond donors (Lipinski definition) is 1. The molecule has 2 aromatic rings. The molecule has 3 heteroatoms. The van der Waals surface area contributed by atoms with Crippen molar-refractivity contribution in [3.05, 3.63) is 77.0 Å². The second-order valence-corrected chi connectivity index (χ2v) is 6.79. The van der Waals surface area contributed by atoms with Gasteiger partial charge >= 0.3 is 0 Å². The molecule has 0 spiro atoms. The molecule has 2 aromatic carbocycles. The van der Waals surface area contributed by atoms with E-state index in [-0.39, 0.29) is 10.6 Å². The Hall–Kier alpha value is -1.68. The summed E-state index contributed by atoms with van der Waals surface area (Å²) in [5.41, 5.74) is 0.565. The van der Waals surface area contributed by atoms with Crippen LogP contribution in [0.2, 0.25) is 0 Å². The first-order valence-corrected chi connectivity index (χ1v) is 8.45. The summed E-state index contributed by atoms with van der Waals surface area (Å²) in [6.45, 7) is 3.78. The van der Waals surface area contributed by atoms with Crippen LogP contribution >= 0.6 is 0 Å². The van der Waals surface area contributed by atoms with Gasteiger partial charge in [-0.2, -0.15) is 0 Å². The Labute approximate surface area is 138 Å². The fraction of sp³-hybridized carbons (Fsp3) is 0.400. The Morgan fingerprint density at radius 1 is 0.957 bits per heavy atom. The minimum atomic E-state index is -1.14. The molecule has 0 radical (unpaired) electrons. The zero-order chi connectivity index (χ0) is 16.3. The lowest BCUT2D eigenvalue weighted by Crippen LogP contribution is -2.48. The van der Waals surface area contributed by atoms with Gasteiger partial charge in [-0.1, -0.05) is 67.6 Å². The van der Waals surface area contributed by atoms with Crippen LogP contribution < -0.4 is 0 Å². The van der Waals surface area contributed by atoms with E-state index >= 15 is 0 Å². The Morgan fingerprint density at radius 2 is 1.39 bits per heavy atom. The summed E-state index contributed by atoms with van der Waals surface area (Å²) in [5, 5.41) is 24.5. The van der Waals surface area contributed by atoms with Crippen molar-refractivity contribution in [3.63, 3.8) is 0 Å². The topological polar surface area (TPSA) is 43.3 Å². The summed E-state index contributed by atoms with van der Waals surface area (Å²) in [6.07, 6.45) is 1.98. The summed E-state index contributed by atoms with van der Waals surface area (Å²) >= 11 is 0. The van der Waals surface area contributed by atoms with Crippen LogP contribution in [0.25, 0.3) is 0 Å². The molecule has 0 aliphatic carbocycles. The van der Waals surface area contributed by atoms with Crippen molar-refractivity contribution in [1.29, 1.82) is 0 Å². The van der Waals surface area contributed by atoms with Crippen molar-refractivity contribution < 1.29 is 9.75 Å². The number of rotatable bonds is 5. The van der Waals surface area contributed by atoms with Crippen LogP contribution in [0.15, 0.2) is 60.7 Å². The third kappa shape index (κ3) is 3.18. The summed E-state index contributed by atoms with van der Waals surface area (Å²) in [7, 11) is 0. The van der Waals surface area contributed by atoms with Gasteiger partial charge in [0.05, 0.1) is 19.6 Å². The summed E-state index contributed by atoms with van der Waals surface area (Å²) in [6, 6.07) is 19.4. The van der Waals surface area contributed by atoms with Gasteiger partial charge in [0.15, 0.2) is 0 Å². The van der Waals surface area contributed by atoms with Crippen LogP contribution in [0.5, 0.6) is 0 Å². The van der Waals surface area contributed by atoms with E-state index in [0.29, 0.717) is 19.6 Å². The second-order valence-electron chi connectivity index (χ2n) is 6.79. The molecule has 122 valence electrons. The zero-order valence-corrected chi connectivity index (χ0v) is 13.7. The number of likely N-dealkylation sites (tertiary alicyclic amines) is 1. The van der Waals surface area contributed by atoms with Gasteiger partial charge in [0.2, 0.25) is 0 Å². The predicted molar refractivity (Wildman–Crippen MR) is 92.5 cm³/mol. The van der Waals surface area contributed by atoms with Gasteiger partial charge in [0.25, 0.3) is 0 Å². The average Bonchev–Trinajstić information content (AvgIpc) is 3.01. The number of aliphatic hydroxyl groups is 1. The highest BCUT2D eigenvalue weighted by atomic mass is 16.5.